The standard InChI is InChI=1S/C21H18N4O2S/c22-28(26,27)24-19-12-10-16(11-13-19)18-14-23-25(15-18)21-9-5-4-8-20(21)17-6-2-1-3-7-17/h1-15,24H,(H2,22,26,27). The molecule has 0 aliphatic rings. The van der Waals surface area contributed by atoms with Crippen LogP contribution >= 0.6 is 0 Å². The molecule has 0 spiro atoms. The van der Waals surface area contributed by atoms with Crippen molar-refractivity contribution in [3.05, 3.63) is 91.3 Å². The Hall–Kier alpha value is -3.42. The van der Waals surface area contributed by atoms with Crippen molar-refractivity contribution < 1.29 is 8.42 Å². The van der Waals surface area contributed by atoms with E-state index < -0.39 is 10.2 Å². The van der Waals surface area contributed by atoms with Gasteiger partial charge in [-0.2, -0.15) is 13.5 Å². The third-order valence-electron chi connectivity index (χ3n) is 4.30. The van der Waals surface area contributed by atoms with Crippen LogP contribution in [0.1, 0.15) is 0 Å². The van der Waals surface area contributed by atoms with E-state index in [9.17, 15) is 8.42 Å². The lowest BCUT2D eigenvalue weighted by Gasteiger charge is -2.09. The van der Waals surface area contributed by atoms with Crippen LogP contribution in [-0.2, 0) is 10.2 Å². The van der Waals surface area contributed by atoms with Gasteiger partial charge in [-0.05, 0) is 29.3 Å². The molecule has 0 aliphatic heterocycles. The SMILES string of the molecule is NS(=O)(=O)Nc1ccc(-c2cnn(-c3ccccc3-c3ccccc3)c2)cc1. The van der Waals surface area contributed by atoms with E-state index in [2.05, 4.69) is 28.0 Å². The first-order valence-corrected chi connectivity index (χ1v) is 10.1. The van der Waals surface area contributed by atoms with Gasteiger partial charge < -0.3 is 0 Å². The third-order valence-corrected chi connectivity index (χ3v) is 4.82. The Kier molecular flexibility index (Phi) is 4.68. The van der Waals surface area contributed by atoms with Gasteiger partial charge in [-0.25, -0.2) is 9.82 Å². The molecule has 28 heavy (non-hydrogen) atoms. The van der Waals surface area contributed by atoms with Crippen molar-refractivity contribution in [2.24, 2.45) is 5.14 Å². The highest BCUT2D eigenvalue weighted by atomic mass is 32.2. The highest BCUT2D eigenvalue weighted by Crippen LogP contribution is 2.28. The summed E-state index contributed by atoms with van der Waals surface area (Å²) in [6.07, 6.45) is 3.73. The van der Waals surface area contributed by atoms with Crippen molar-refractivity contribution in [1.29, 1.82) is 0 Å². The molecule has 0 aliphatic carbocycles. The van der Waals surface area contributed by atoms with Crippen molar-refractivity contribution in [3.8, 4) is 27.9 Å². The van der Waals surface area contributed by atoms with Crippen molar-refractivity contribution >= 4 is 15.9 Å². The number of hydrogen-bond donors (Lipinski definition) is 2. The van der Waals surface area contributed by atoms with Gasteiger partial charge in [0.05, 0.1) is 11.9 Å². The Balaban J connectivity index is 1.66. The molecule has 0 bridgehead atoms. The molecule has 7 heteroatoms. The first kappa shape index (κ1) is 18.0. The molecule has 1 heterocycles. The Morgan fingerprint density at radius 3 is 2.18 bits per heavy atom. The monoisotopic (exact) mass is 390 g/mol. The molecule has 0 radical (unpaired) electrons. The van der Waals surface area contributed by atoms with Crippen LogP contribution in [0, 0.1) is 0 Å². The van der Waals surface area contributed by atoms with Gasteiger partial charge >= 0.3 is 0 Å². The molecule has 4 aromatic rings. The van der Waals surface area contributed by atoms with Crippen molar-refractivity contribution in [1.82, 2.24) is 9.78 Å². The summed E-state index contributed by atoms with van der Waals surface area (Å²) in [5.74, 6) is 0. The molecule has 140 valence electrons. The average Bonchev–Trinajstić information content (AvgIpc) is 3.18. The quantitative estimate of drug-likeness (QED) is 0.543. The van der Waals surface area contributed by atoms with Crippen LogP contribution in [0.15, 0.2) is 91.3 Å². The van der Waals surface area contributed by atoms with E-state index in [-0.39, 0.29) is 0 Å². The third kappa shape index (κ3) is 3.95. The predicted molar refractivity (Wildman–Crippen MR) is 111 cm³/mol. The number of hydrogen-bond acceptors (Lipinski definition) is 3. The minimum Gasteiger partial charge on any atom is -0.271 e. The summed E-state index contributed by atoms with van der Waals surface area (Å²) in [4.78, 5) is 0. The number of benzene rings is 3. The lowest BCUT2D eigenvalue weighted by Crippen LogP contribution is -2.21. The second-order valence-electron chi connectivity index (χ2n) is 6.28. The van der Waals surface area contributed by atoms with Crippen LogP contribution in [0.4, 0.5) is 5.69 Å². The number of nitrogens with one attached hydrogen (secondary N) is 1. The van der Waals surface area contributed by atoms with Crippen molar-refractivity contribution in [2.45, 2.75) is 0 Å². The van der Waals surface area contributed by atoms with Crippen LogP contribution in [0.2, 0.25) is 0 Å². The van der Waals surface area contributed by atoms with E-state index in [1.54, 1.807) is 18.3 Å². The molecule has 0 amide bonds. The van der Waals surface area contributed by atoms with Gasteiger partial charge in [-0.1, -0.05) is 60.7 Å². The van der Waals surface area contributed by atoms with E-state index in [1.165, 1.54) is 0 Å². The molecular formula is C21H18N4O2S. The minimum atomic E-state index is -3.78. The molecule has 0 saturated carbocycles. The maximum Gasteiger partial charge on any atom is 0.296 e. The summed E-state index contributed by atoms with van der Waals surface area (Å²) in [7, 11) is -3.78. The fourth-order valence-corrected chi connectivity index (χ4v) is 3.50. The number of nitrogens with two attached hydrogens (primary N) is 1. The summed E-state index contributed by atoms with van der Waals surface area (Å²) >= 11 is 0. The molecule has 4 rings (SSSR count). The molecule has 0 unspecified atom stereocenters. The summed E-state index contributed by atoms with van der Waals surface area (Å²) < 4.78 is 26.3. The van der Waals surface area contributed by atoms with Gasteiger partial charge in [-0.3, -0.25) is 4.72 Å². The maximum absolute atomic E-state index is 11.1. The van der Waals surface area contributed by atoms with Gasteiger partial charge in [-0.15, -0.1) is 0 Å². The Labute approximate surface area is 163 Å². The topological polar surface area (TPSA) is 90.0 Å². The number of para-hydroxylation sites is 1. The Morgan fingerprint density at radius 2 is 1.46 bits per heavy atom. The van der Waals surface area contributed by atoms with Crippen LogP contribution in [0.3, 0.4) is 0 Å². The molecule has 1 aromatic heterocycles. The van der Waals surface area contributed by atoms with Crippen LogP contribution in [0.5, 0.6) is 0 Å². The summed E-state index contributed by atoms with van der Waals surface area (Å²) in [5, 5.41) is 9.51. The minimum absolute atomic E-state index is 0.410. The van der Waals surface area contributed by atoms with Crippen molar-refractivity contribution in [3.63, 3.8) is 0 Å². The second-order valence-corrected chi connectivity index (χ2v) is 7.58. The first-order valence-electron chi connectivity index (χ1n) is 8.60. The zero-order valence-corrected chi connectivity index (χ0v) is 15.7. The second kappa shape index (κ2) is 7.30. The Bertz CT molecular complexity index is 1200. The molecule has 3 N–H and O–H groups in total. The van der Waals surface area contributed by atoms with Crippen LogP contribution in [0.25, 0.3) is 27.9 Å². The highest BCUT2D eigenvalue weighted by molar-refractivity contribution is 7.90. The summed E-state index contributed by atoms with van der Waals surface area (Å²) in [5.41, 5.74) is 5.44. The Morgan fingerprint density at radius 1 is 0.786 bits per heavy atom. The molecule has 0 fully saturated rings. The molecule has 0 atom stereocenters. The maximum atomic E-state index is 11.1. The predicted octanol–water partition coefficient (Wildman–Crippen LogP) is 3.82. The average molecular weight is 390 g/mol. The van der Waals surface area contributed by atoms with Gasteiger partial charge in [0.2, 0.25) is 0 Å². The van der Waals surface area contributed by atoms with Crippen LogP contribution < -0.4 is 9.86 Å². The van der Waals surface area contributed by atoms with E-state index in [1.807, 2.05) is 59.4 Å². The van der Waals surface area contributed by atoms with Crippen molar-refractivity contribution in [2.75, 3.05) is 4.72 Å². The van der Waals surface area contributed by atoms with Gasteiger partial charge in [0.25, 0.3) is 10.2 Å². The first-order chi connectivity index (χ1) is 13.5. The fraction of sp³-hybridized carbons (Fsp3) is 0. The van der Waals surface area contributed by atoms with E-state index >= 15 is 0 Å². The summed E-state index contributed by atoms with van der Waals surface area (Å²) in [6, 6.07) is 25.2. The fourth-order valence-electron chi connectivity index (χ4n) is 3.03. The lowest BCUT2D eigenvalue weighted by atomic mass is 10.0. The largest absolute Gasteiger partial charge is 0.296 e. The zero-order valence-electron chi connectivity index (χ0n) is 14.9. The van der Waals surface area contributed by atoms with Gasteiger partial charge in [0, 0.05) is 23.0 Å². The molecule has 6 nitrogen and oxygen atoms in total. The number of rotatable bonds is 5. The van der Waals surface area contributed by atoms with E-state index in [4.69, 9.17) is 5.14 Å². The zero-order chi connectivity index (χ0) is 19.6. The highest BCUT2D eigenvalue weighted by Gasteiger charge is 2.09. The normalized spacial score (nSPS) is 11.3. The van der Waals surface area contributed by atoms with E-state index in [0.717, 1.165) is 27.9 Å². The number of anilines is 1. The van der Waals surface area contributed by atoms with E-state index in [0.29, 0.717) is 5.69 Å². The van der Waals surface area contributed by atoms with Gasteiger partial charge in [0.1, 0.15) is 0 Å². The van der Waals surface area contributed by atoms with Crippen LogP contribution in [-0.4, -0.2) is 18.2 Å². The molecule has 0 saturated heterocycles. The lowest BCUT2D eigenvalue weighted by molar-refractivity contribution is 0.603. The smallest absolute Gasteiger partial charge is 0.271 e. The van der Waals surface area contributed by atoms with Gasteiger partial charge in [0.15, 0.2) is 0 Å². The molecule has 3 aromatic carbocycles. The molecular weight excluding hydrogens is 372 g/mol. The number of nitrogens with zero attached hydrogens (tertiary/aromatic N) is 2. The summed E-state index contributed by atoms with van der Waals surface area (Å²) in [6.45, 7) is 0. The number of aromatic nitrogens is 2.